The molecule has 2 atom stereocenters. The van der Waals surface area contributed by atoms with Crippen molar-refractivity contribution in [1.82, 2.24) is 0 Å². The number of phenols is 1. The molecule has 92 valence electrons. The summed E-state index contributed by atoms with van der Waals surface area (Å²) in [4.78, 5) is 12.1. The van der Waals surface area contributed by atoms with E-state index in [-0.39, 0.29) is 17.7 Å². The van der Waals surface area contributed by atoms with Crippen molar-refractivity contribution in [3.05, 3.63) is 24.3 Å². The van der Waals surface area contributed by atoms with Crippen LogP contribution in [0, 0.1) is 5.41 Å². The van der Waals surface area contributed by atoms with Crippen molar-refractivity contribution in [3.63, 3.8) is 0 Å². The molecule has 1 aromatic carbocycles. The second-order valence-electron chi connectivity index (χ2n) is 4.51. The monoisotopic (exact) mass is 236 g/mol. The average Bonchev–Trinajstić information content (AvgIpc) is 2.64. The van der Waals surface area contributed by atoms with E-state index in [0.717, 1.165) is 0 Å². The van der Waals surface area contributed by atoms with Gasteiger partial charge in [-0.2, -0.15) is 0 Å². The molecule has 0 saturated carbocycles. The molecule has 0 spiro atoms. The zero-order valence-corrected chi connectivity index (χ0v) is 9.64. The largest absolute Gasteiger partial charge is 0.506 e. The molecular weight excluding hydrogens is 220 g/mol. The Kier molecular flexibility index (Phi) is 3.04. The lowest BCUT2D eigenvalue weighted by molar-refractivity contribution is -0.125. The fourth-order valence-electron chi connectivity index (χ4n) is 1.77. The minimum Gasteiger partial charge on any atom is -0.506 e. The molecule has 2 unspecified atom stereocenters. The summed E-state index contributed by atoms with van der Waals surface area (Å²) in [5.74, 6) is -0.194. The number of carbonyl (C=O) groups is 1. The van der Waals surface area contributed by atoms with E-state index >= 15 is 0 Å². The predicted molar refractivity (Wildman–Crippen MR) is 63.6 cm³/mol. The maximum absolute atomic E-state index is 12.1. The van der Waals surface area contributed by atoms with Crippen LogP contribution in [0.4, 0.5) is 5.69 Å². The van der Waals surface area contributed by atoms with Crippen LogP contribution in [0.3, 0.4) is 0 Å². The second-order valence-corrected chi connectivity index (χ2v) is 4.51. The van der Waals surface area contributed by atoms with E-state index in [0.29, 0.717) is 18.9 Å². The second kappa shape index (κ2) is 4.35. The van der Waals surface area contributed by atoms with Gasteiger partial charge < -0.3 is 20.9 Å². The Bertz CT molecular complexity index is 436. The summed E-state index contributed by atoms with van der Waals surface area (Å²) in [6, 6.07) is 6.26. The molecule has 1 fully saturated rings. The number of amides is 1. The van der Waals surface area contributed by atoms with Gasteiger partial charge in [-0.3, -0.25) is 4.79 Å². The third-order valence-electron chi connectivity index (χ3n) is 3.19. The third kappa shape index (κ3) is 2.11. The first-order valence-electron chi connectivity index (χ1n) is 5.47. The lowest BCUT2D eigenvalue weighted by Gasteiger charge is -2.25. The van der Waals surface area contributed by atoms with E-state index in [1.165, 1.54) is 6.07 Å². The van der Waals surface area contributed by atoms with Crippen molar-refractivity contribution in [1.29, 1.82) is 0 Å². The summed E-state index contributed by atoms with van der Waals surface area (Å²) >= 11 is 0. The minimum absolute atomic E-state index is 0.0388. The Morgan fingerprint density at radius 2 is 2.29 bits per heavy atom. The van der Waals surface area contributed by atoms with Crippen LogP contribution < -0.4 is 11.1 Å². The standard InChI is InChI=1S/C12H16N2O3/c1-12(7-17-6-10(12)13)11(16)14-8-4-2-3-5-9(8)15/h2-5,10,15H,6-7,13H2,1H3,(H,14,16). The molecule has 17 heavy (non-hydrogen) atoms. The molecule has 0 aliphatic carbocycles. The predicted octanol–water partition coefficient (Wildman–Crippen LogP) is 0.694. The van der Waals surface area contributed by atoms with Gasteiger partial charge in [0, 0.05) is 6.04 Å². The number of rotatable bonds is 2. The number of anilines is 1. The third-order valence-corrected chi connectivity index (χ3v) is 3.19. The van der Waals surface area contributed by atoms with E-state index in [2.05, 4.69) is 5.32 Å². The van der Waals surface area contributed by atoms with Gasteiger partial charge in [-0.05, 0) is 19.1 Å². The van der Waals surface area contributed by atoms with Crippen molar-refractivity contribution in [2.24, 2.45) is 11.1 Å². The topological polar surface area (TPSA) is 84.6 Å². The zero-order chi connectivity index (χ0) is 12.5. The van der Waals surface area contributed by atoms with Crippen molar-refractivity contribution in [2.75, 3.05) is 18.5 Å². The molecule has 1 aliphatic rings. The molecule has 0 aromatic heterocycles. The van der Waals surface area contributed by atoms with Gasteiger partial charge >= 0.3 is 0 Å². The smallest absolute Gasteiger partial charge is 0.234 e. The highest BCUT2D eigenvalue weighted by Crippen LogP contribution is 2.30. The summed E-state index contributed by atoms with van der Waals surface area (Å²) in [5, 5.41) is 12.2. The molecule has 4 N–H and O–H groups in total. The Labute approximate surface area is 99.6 Å². The normalized spacial score (nSPS) is 28.0. The highest BCUT2D eigenvalue weighted by molar-refractivity contribution is 5.97. The summed E-state index contributed by atoms with van der Waals surface area (Å²) in [6.07, 6.45) is 0. The summed E-state index contributed by atoms with van der Waals surface area (Å²) in [5.41, 5.74) is 5.50. The Hall–Kier alpha value is -1.59. The van der Waals surface area contributed by atoms with Crippen LogP contribution in [-0.2, 0) is 9.53 Å². The molecular formula is C12H16N2O3. The van der Waals surface area contributed by atoms with Crippen LogP contribution in [0.2, 0.25) is 0 Å². The van der Waals surface area contributed by atoms with Gasteiger partial charge in [0.05, 0.1) is 24.3 Å². The van der Waals surface area contributed by atoms with Gasteiger partial charge in [-0.25, -0.2) is 0 Å². The van der Waals surface area contributed by atoms with Crippen LogP contribution in [0.15, 0.2) is 24.3 Å². The van der Waals surface area contributed by atoms with Crippen LogP contribution in [-0.4, -0.2) is 30.3 Å². The highest BCUT2D eigenvalue weighted by Gasteiger charge is 2.44. The Morgan fingerprint density at radius 1 is 1.59 bits per heavy atom. The molecule has 1 amide bonds. The molecule has 2 rings (SSSR count). The van der Waals surface area contributed by atoms with Crippen LogP contribution >= 0.6 is 0 Å². The van der Waals surface area contributed by atoms with Gasteiger partial charge in [0.2, 0.25) is 5.91 Å². The first kappa shape index (κ1) is 11.9. The van der Waals surface area contributed by atoms with E-state index < -0.39 is 5.41 Å². The fourth-order valence-corrected chi connectivity index (χ4v) is 1.77. The van der Waals surface area contributed by atoms with Crippen molar-refractivity contribution in [3.8, 4) is 5.75 Å². The molecule has 5 nitrogen and oxygen atoms in total. The summed E-state index contributed by atoms with van der Waals surface area (Å²) in [6.45, 7) is 2.44. The number of para-hydroxylation sites is 2. The lowest BCUT2D eigenvalue weighted by atomic mass is 9.85. The quantitative estimate of drug-likeness (QED) is 0.660. The number of benzene rings is 1. The van der Waals surface area contributed by atoms with E-state index in [9.17, 15) is 9.90 Å². The number of carbonyl (C=O) groups excluding carboxylic acids is 1. The van der Waals surface area contributed by atoms with Gasteiger partial charge in [0.15, 0.2) is 0 Å². The molecule has 1 aromatic rings. The zero-order valence-electron chi connectivity index (χ0n) is 9.64. The highest BCUT2D eigenvalue weighted by atomic mass is 16.5. The lowest BCUT2D eigenvalue weighted by Crippen LogP contribution is -2.47. The summed E-state index contributed by atoms with van der Waals surface area (Å²) in [7, 11) is 0. The van der Waals surface area contributed by atoms with E-state index in [1.807, 2.05) is 0 Å². The molecule has 0 bridgehead atoms. The Morgan fingerprint density at radius 3 is 2.88 bits per heavy atom. The molecule has 5 heteroatoms. The van der Waals surface area contributed by atoms with Gasteiger partial charge in [0.1, 0.15) is 5.75 Å². The first-order chi connectivity index (χ1) is 8.04. The van der Waals surface area contributed by atoms with E-state index in [4.69, 9.17) is 10.5 Å². The molecule has 1 heterocycles. The maximum atomic E-state index is 12.1. The number of phenolic OH excluding ortho intramolecular Hbond substituents is 1. The van der Waals surface area contributed by atoms with Crippen LogP contribution in [0.25, 0.3) is 0 Å². The van der Waals surface area contributed by atoms with Gasteiger partial charge in [-0.1, -0.05) is 12.1 Å². The fraction of sp³-hybridized carbons (Fsp3) is 0.417. The summed E-state index contributed by atoms with van der Waals surface area (Å²) < 4.78 is 5.21. The number of hydrogen-bond donors (Lipinski definition) is 3. The average molecular weight is 236 g/mol. The number of aromatic hydroxyl groups is 1. The van der Waals surface area contributed by atoms with Gasteiger partial charge in [0.25, 0.3) is 0 Å². The first-order valence-corrected chi connectivity index (χ1v) is 5.47. The SMILES string of the molecule is CC1(C(=O)Nc2ccccc2O)COCC1N. The Balaban J connectivity index is 2.15. The number of nitrogens with two attached hydrogens (primary N) is 1. The number of ether oxygens (including phenoxy) is 1. The van der Waals surface area contributed by atoms with Crippen molar-refractivity contribution in [2.45, 2.75) is 13.0 Å². The van der Waals surface area contributed by atoms with Gasteiger partial charge in [-0.15, -0.1) is 0 Å². The number of hydrogen-bond acceptors (Lipinski definition) is 4. The van der Waals surface area contributed by atoms with E-state index in [1.54, 1.807) is 25.1 Å². The molecule has 1 saturated heterocycles. The van der Waals surface area contributed by atoms with Crippen molar-refractivity contribution >= 4 is 11.6 Å². The van der Waals surface area contributed by atoms with Crippen LogP contribution in [0.5, 0.6) is 5.75 Å². The maximum Gasteiger partial charge on any atom is 0.234 e. The molecule has 0 radical (unpaired) electrons. The van der Waals surface area contributed by atoms with Crippen molar-refractivity contribution < 1.29 is 14.6 Å². The number of nitrogens with one attached hydrogen (secondary N) is 1. The molecule has 1 aliphatic heterocycles. The minimum atomic E-state index is -0.748. The van der Waals surface area contributed by atoms with Crippen LogP contribution in [0.1, 0.15) is 6.92 Å².